The lowest BCUT2D eigenvalue weighted by molar-refractivity contribution is 0.0690. The summed E-state index contributed by atoms with van der Waals surface area (Å²) in [6.07, 6.45) is 3.66. The van der Waals surface area contributed by atoms with Crippen LogP contribution in [0.15, 0.2) is 24.3 Å². The number of amides is 1. The maximum absolute atomic E-state index is 12.7. The minimum absolute atomic E-state index is 0.155. The van der Waals surface area contributed by atoms with Crippen molar-refractivity contribution in [3.63, 3.8) is 0 Å². The Morgan fingerprint density at radius 2 is 1.72 bits per heavy atom. The lowest BCUT2D eigenvalue weighted by atomic mass is 9.96. The molecule has 25 heavy (non-hydrogen) atoms. The van der Waals surface area contributed by atoms with Crippen molar-refractivity contribution in [1.82, 2.24) is 10.2 Å². The molecule has 0 aromatic heterocycles. The minimum atomic E-state index is -0.160. The van der Waals surface area contributed by atoms with Crippen molar-refractivity contribution in [3.8, 4) is 0 Å². The molecular weight excluding hydrogens is 314 g/mol. The number of aliphatic hydroxyl groups excluding tert-OH is 1. The summed E-state index contributed by atoms with van der Waals surface area (Å²) in [7, 11) is 0. The maximum atomic E-state index is 12.7. The Bertz CT molecular complexity index is 545. The zero-order valence-corrected chi connectivity index (χ0v) is 15.3. The van der Waals surface area contributed by atoms with E-state index in [0.29, 0.717) is 5.92 Å². The van der Waals surface area contributed by atoms with E-state index in [1.54, 1.807) is 0 Å². The molecule has 0 unspecified atom stereocenters. The van der Waals surface area contributed by atoms with Crippen LogP contribution in [0.2, 0.25) is 0 Å². The Labute approximate surface area is 151 Å². The van der Waals surface area contributed by atoms with E-state index in [9.17, 15) is 9.90 Å². The molecule has 1 aromatic carbocycles. The summed E-state index contributed by atoms with van der Waals surface area (Å²) in [5.41, 5.74) is 1.93. The molecule has 1 aromatic rings. The summed E-state index contributed by atoms with van der Waals surface area (Å²) in [5.74, 6) is 0.850. The van der Waals surface area contributed by atoms with Gasteiger partial charge in [0.1, 0.15) is 0 Å². The molecule has 0 bridgehead atoms. The van der Waals surface area contributed by atoms with Gasteiger partial charge < -0.3 is 20.2 Å². The number of hydrogen-bond donors (Lipinski definition) is 2. The number of nitrogens with one attached hydrogen (secondary N) is 1. The van der Waals surface area contributed by atoms with Crippen molar-refractivity contribution in [2.45, 2.75) is 38.7 Å². The number of benzene rings is 1. The third-order valence-corrected chi connectivity index (χ3v) is 5.53. The first-order valence-electron chi connectivity index (χ1n) is 9.70. The van der Waals surface area contributed by atoms with Gasteiger partial charge in [-0.2, -0.15) is 0 Å². The van der Waals surface area contributed by atoms with Crippen LogP contribution in [0, 0.1) is 5.92 Å². The molecule has 2 saturated heterocycles. The summed E-state index contributed by atoms with van der Waals surface area (Å²) in [6.45, 7) is 7.70. The molecule has 0 aliphatic carbocycles. The summed E-state index contributed by atoms with van der Waals surface area (Å²) in [5, 5.41) is 13.0. The van der Waals surface area contributed by atoms with Crippen LogP contribution in [0.1, 0.15) is 43.0 Å². The van der Waals surface area contributed by atoms with Crippen LogP contribution in [0.25, 0.3) is 0 Å². The highest BCUT2D eigenvalue weighted by molar-refractivity contribution is 5.94. The number of anilines is 1. The molecule has 3 rings (SSSR count). The van der Waals surface area contributed by atoms with Gasteiger partial charge in [-0.05, 0) is 69.0 Å². The third-order valence-electron chi connectivity index (χ3n) is 5.53. The molecule has 5 heteroatoms. The molecular formula is C20H31N3O2. The molecule has 1 amide bonds. The van der Waals surface area contributed by atoms with Crippen LogP contribution in [-0.4, -0.2) is 61.3 Å². The first-order valence-corrected chi connectivity index (χ1v) is 9.70. The zero-order chi connectivity index (χ0) is 17.6. The van der Waals surface area contributed by atoms with E-state index in [1.165, 1.54) is 0 Å². The van der Waals surface area contributed by atoms with Crippen LogP contribution >= 0.6 is 0 Å². The molecule has 2 aliphatic heterocycles. The smallest absolute Gasteiger partial charge is 0.253 e. The van der Waals surface area contributed by atoms with Crippen molar-refractivity contribution in [3.05, 3.63) is 29.8 Å². The van der Waals surface area contributed by atoms with E-state index in [2.05, 4.69) is 17.1 Å². The monoisotopic (exact) mass is 345 g/mol. The van der Waals surface area contributed by atoms with Crippen molar-refractivity contribution in [2.24, 2.45) is 5.92 Å². The number of nitrogens with zero attached hydrogens (tertiary/aromatic N) is 2. The molecule has 0 saturated carbocycles. The van der Waals surface area contributed by atoms with Gasteiger partial charge in [-0.3, -0.25) is 4.79 Å². The van der Waals surface area contributed by atoms with Gasteiger partial charge in [0.05, 0.1) is 6.10 Å². The highest BCUT2D eigenvalue weighted by atomic mass is 16.3. The Hall–Kier alpha value is -1.59. The van der Waals surface area contributed by atoms with Crippen molar-refractivity contribution < 1.29 is 9.90 Å². The van der Waals surface area contributed by atoms with Crippen LogP contribution < -0.4 is 10.2 Å². The van der Waals surface area contributed by atoms with E-state index in [4.69, 9.17) is 0 Å². The van der Waals surface area contributed by atoms with Gasteiger partial charge in [0.15, 0.2) is 0 Å². The molecule has 0 radical (unpaired) electrons. The molecule has 2 fully saturated rings. The fraction of sp³-hybridized carbons (Fsp3) is 0.650. The summed E-state index contributed by atoms with van der Waals surface area (Å²) in [6, 6.07) is 7.99. The van der Waals surface area contributed by atoms with Gasteiger partial charge in [0.25, 0.3) is 5.91 Å². The van der Waals surface area contributed by atoms with Gasteiger partial charge in [0.2, 0.25) is 0 Å². The fourth-order valence-corrected chi connectivity index (χ4v) is 3.81. The Kier molecular flexibility index (Phi) is 6.32. The maximum Gasteiger partial charge on any atom is 0.253 e. The number of aliphatic hydroxyl groups is 1. The SMILES string of the molecule is CCNCC1CCN(C(=O)c2ccc(N3CCC(O)CC3)cc2)CC1. The summed E-state index contributed by atoms with van der Waals surface area (Å²) < 4.78 is 0. The Morgan fingerprint density at radius 3 is 2.32 bits per heavy atom. The largest absolute Gasteiger partial charge is 0.393 e. The molecule has 0 atom stereocenters. The summed E-state index contributed by atoms with van der Waals surface area (Å²) >= 11 is 0. The Morgan fingerprint density at radius 1 is 1.08 bits per heavy atom. The van der Waals surface area contributed by atoms with Gasteiger partial charge in [-0.1, -0.05) is 6.92 Å². The zero-order valence-electron chi connectivity index (χ0n) is 15.3. The number of hydrogen-bond acceptors (Lipinski definition) is 4. The predicted octanol–water partition coefficient (Wildman–Crippen LogP) is 2.11. The average Bonchev–Trinajstić information content (AvgIpc) is 2.67. The van der Waals surface area contributed by atoms with Crippen LogP contribution in [0.3, 0.4) is 0 Å². The number of carbonyl (C=O) groups excluding carboxylic acids is 1. The average molecular weight is 345 g/mol. The van der Waals surface area contributed by atoms with E-state index in [1.807, 2.05) is 29.2 Å². The minimum Gasteiger partial charge on any atom is -0.393 e. The predicted molar refractivity (Wildman–Crippen MR) is 101 cm³/mol. The fourth-order valence-electron chi connectivity index (χ4n) is 3.81. The van der Waals surface area contributed by atoms with Crippen molar-refractivity contribution in [2.75, 3.05) is 44.2 Å². The quantitative estimate of drug-likeness (QED) is 0.858. The van der Waals surface area contributed by atoms with E-state index in [0.717, 1.165) is 76.2 Å². The number of carbonyl (C=O) groups is 1. The third kappa shape index (κ3) is 4.73. The number of piperidine rings is 2. The van der Waals surface area contributed by atoms with Gasteiger partial charge in [-0.15, -0.1) is 0 Å². The lowest BCUT2D eigenvalue weighted by Gasteiger charge is -2.33. The second kappa shape index (κ2) is 8.68. The van der Waals surface area contributed by atoms with Crippen LogP contribution in [-0.2, 0) is 0 Å². The standard InChI is InChI=1S/C20H31N3O2/c1-2-21-15-16-7-11-23(12-8-16)20(25)17-3-5-18(6-4-17)22-13-9-19(24)10-14-22/h3-6,16,19,21,24H,2,7-15H2,1H3. The van der Waals surface area contributed by atoms with E-state index in [-0.39, 0.29) is 12.0 Å². The number of likely N-dealkylation sites (tertiary alicyclic amines) is 1. The molecule has 0 spiro atoms. The topological polar surface area (TPSA) is 55.8 Å². The lowest BCUT2D eigenvalue weighted by Crippen LogP contribution is -2.40. The molecule has 5 nitrogen and oxygen atoms in total. The first kappa shape index (κ1) is 18.2. The highest BCUT2D eigenvalue weighted by Crippen LogP contribution is 2.22. The molecule has 2 heterocycles. The van der Waals surface area contributed by atoms with E-state index < -0.39 is 0 Å². The second-order valence-electron chi connectivity index (χ2n) is 7.31. The highest BCUT2D eigenvalue weighted by Gasteiger charge is 2.23. The van der Waals surface area contributed by atoms with Crippen molar-refractivity contribution in [1.29, 1.82) is 0 Å². The van der Waals surface area contributed by atoms with Crippen molar-refractivity contribution >= 4 is 11.6 Å². The Balaban J connectivity index is 1.53. The molecule has 2 aliphatic rings. The first-order chi connectivity index (χ1) is 12.2. The van der Waals surface area contributed by atoms with Gasteiger partial charge in [-0.25, -0.2) is 0 Å². The molecule has 2 N–H and O–H groups in total. The normalized spacial score (nSPS) is 20.1. The van der Waals surface area contributed by atoms with Crippen LogP contribution in [0.4, 0.5) is 5.69 Å². The molecule has 138 valence electrons. The van der Waals surface area contributed by atoms with Gasteiger partial charge >= 0.3 is 0 Å². The number of rotatable bonds is 5. The second-order valence-corrected chi connectivity index (χ2v) is 7.31. The van der Waals surface area contributed by atoms with E-state index >= 15 is 0 Å². The van der Waals surface area contributed by atoms with Gasteiger partial charge in [0, 0.05) is 37.4 Å². The van der Waals surface area contributed by atoms with Crippen LogP contribution in [0.5, 0.6) is 0 Å². The summed E-state index contributed by atoms with van der Waals surface area (Å²) in [4.78, 5) is 17.0.